The highest BCUT2D eigenvalue weighted by molar-refractivity contribution is 5.79. The molecule has 2 fully saturated rings. The average molecular weight is 488 g/mol. The molecule has 1 N–H and O–H groups in total. The quantitative estimate of drug-likeness (QED) is 0.541. The third-order valence-corrected chi connectivity index (χ3v) is 6.82. The molecule has 1 aromatic heterocycles. The van der Waals surface area contributed by atoms with Gasteiger partial charge in [-0.2, -0.15) is 0 Å². The van der Waals surface area contributed by atoms with Crippen LogP contribution < -0.4 is 19.9 Å². The summed E-state index contributed by atoms with van der Waals surface area (Å²) in [5, 5.41) is 3.14. The van der Waals surface area contributed by atoms with E-state index in [1.165, 1.54) is 5.69 Å². The van der Waals surface area contributed by atoms with Crippen molar-refractivity contribution in [3.8, 4) is 11.6 Å². The van der Waals surface area contributed by atoms with Gasteiger partial charge in [0.05, 0.1) is 19.1 Å². The fourth-order valence-electron chi connectivity index (χ4n) is 4.75. The number of hydrogen-bond acceptors (Lipinski definition) is 7. The van der Waals surface area contributed by atoms with E-state index in [9.17, 15) is 4.79 Å². The molecule has 1 atom stereocenters. The molecule has 2 aliphatic heterocycles. The molecule has 0 aliphatic carbocycles. The lowest BCUT2D eigenvalue weighted by molar-refractivity contribution is -0.125. The molecule has 188 valence electrons. The fraction of sp³-hybridized carbons (Fsp3) is 0.393. The van der Waals surface area contributed by atoms with Gasteiger partial charge in [0.25, 0.3) is 5.88 Å². The largest absolute Gasteiger partial charge is 0.436 e. The molecule has 0 radical (unpaired) electrons. The monoisotopic (exact) mass is 487 g/mol. The summed E-state index contributed by atoms with van der Waals surface area (Å²) >= 11 is 0. The Morgan fingerprint density at radius 1 is 1.03 bits per heavy atom. The number of para-hydroxylation sites is 1. The Hall–Kier alpha value is -3.65. The molecule has 3 aromatic rings. The third-order valence-electron chi connectivity index (χ3n) is 6.82. The van der Waals surface area contributed by atoms with Crippen molar-refractivity contribution < 1.29 is 14.3 Å². The van der Waals surface area contributed by atoms with E-state index in [1.807, 2.05) is 31.2 Å². The van der Waals surface area contributed by atoms with E-state index < -0.39 is 0 Å². The number of ether oxygens (including phenoxy) is 2. The highest BCUT2D eigenvalue weighted by atomic mass is 16.5. The maximum atomic E-state index is 13.1. The van der Waals surface area contributed by atoms with Crippen molar-refractivity contribution in [3.63, 3.8) is 0 Å². The molecule has 8 nitrogen and oxygen atoms in total. The Morgan fingerprint density at radius 2 is 1.81 bits per heavy atom. The van der Waals surface area contributed by atoms with Crippen LogP contribution in [0.1, 0.15) is 24.0 Å². The standard InChI is InChI=1S/C28H33N5O3/c1-21-5-2-3-7-25(21)36-28-26(29-12-13-30-28)33-14-4-6-23(20-33)27(34)31-19-22-8-10-24(11-9-22)32-15-17-35-18-16-32/h2-3,5,7-13,23H,4,6,14-20H2,1H3,(H,31,34). The molecule has 2 aromatic carbocycles. The lowest BCUT2D eigenvalue weighted by atomic mass is 9.97. The number of rotatable bonds is 7. The first kappa shape index (κ1) is 24.1. The summed E-state index contributed by atoms with van der Waals surface area (Å²) in [6.07, 6.45) is 5.07. The minimum Gasteiger partial charge on any atom is -0.436 e. The number of nitrogens with zero attached hydrogens (tertiary/aromatic N) is 4. The first-order valence-corrected chi connectivity index (χ1v) is 12.7. The number of hydrogen-bond donors (Lipinski definition) is 1. The minimum atomic E-state index is -0.111. The van der Waals surface area contributed by atoms with Crippen LogP contribution in [0.25, 0.3) is 0 Å². The van der Waals surface area contributed by atoms with Gasteiger partial charge in [-0.3, -0.25) is 4.79 Å². The normalized spacial score (nSPS) is 18.1. The zero-order valence-corrected chi connectivity index (χ0v) is 20.7. The van der Waals surface area contributed by atoms with E-state index in [1.54, 1.807) is 12.4 Å². The maximum Gasteiger partial charge on any atom is 0.263 e. The van der Waals surface area contributed by atoms with Crippen LogP contribution in [-0.2, 0) is 16.1 Å². The van der Waals surface area contributed by atoms with Crippen LogP contribution in [0.5, 0.6) is 11.6 Å². The topological polar surface area (TPSA) is 79.8 Å². The predicted molar refractivity (Wildman–Crippen MR) is 140 cm³/mol. The van der Waals surface area contributed by atoms with E-state index in [0.717, 1.165) is 62.6 Å². The molecule has 0 saturated carbocycles. The molecule has 5 rings (SSSR count). The van der Waals surface area contributed by atoms with Gasteiger partial charge in [-0.15, -0.1) is 0 Å². The average Bonchev–Trinajstić information content (AvgIpc) is 2.94. The number of aromatic nitrogens is 2. The molecule has 3 heterocycles. The second kappa shape index (κ2) is 11.4. The Labute approximate surface area is 212 Å². The summed E-state index contributed by atoms with van der Waals surface area (Å²) in [6.45, 7) is 7.29. The van der Waals surface area contributed by atoms with E-state index >= 15 is 0 Å². The molecular weight excluding hydrogens is 454 g/mol. The zero-order chi connectivity index (χ0) is 24.7. The number of amides is 1. The minimum absolute atomic E-state index is 0.0715. The Morgan fingerprint density at radius 3 is 2.61 bits per heavy atom. The van der Waals surface area contributed by atoms with Gasteiger partial charge in [-0.05, 0) is 49.1 Å². The smallest absolute Gasteiger partial charge is 0.263 e. The summed E-state index contributed by atoms with van der Waals surface area (Å²) < 4.78 is 11.6. The highest BCUT2D eigenvalue weighted by Crippen LogP contribution is 2.32. The molecule has 0 spiro atoms. The molecule has 36 heavy (non-hydrogen) atoms. The van der Waals surface area contributed by atoms with Crippen molar-refractivity contribution >= 4 is 17.4 Å². The van der Waals surface area contributed by atoms with E-state index in [2.05, 4.69) is 49.4 Å². The Bertz CT molecular complexity index is 1160. The van der Waals surface area contributed by atoms with Crippen LogP contribution >= 0.6 is 0 Å². The van der Waals surface area contributed by atoms with Gasteiger partial charge in [0.1, 0.15) is 5.75 Å². The number of aryl methyl sites for hydroxylation is 1. The van der Waals surface area contributed by atoms with E-state index in [-0.39, 0.29) is 11.8 Å². The van der Waals surface area contributed by atoms with Crippen molar-refractivity contribution in [1.29, 1.82) is 0 Å². The summed E-state index contributed by atoms with van der Waals surface area (Å²) in [6, 6.07) is 16.3. The number of carbonyl (C=O) groups is 1. The fourth-order valence-corrected chi connectivity index (χ4v) is 4.75. The second-order valence-corrected chi connectivity index (χ2v) is 9.32. The summed E-state index contributed by atoms with van der Waals surface area (Å²) in [5.74, 6) is 1.86. The van der Waals surface area contributed by atoms with E-state index in [0.29, 0.717) is 24.8 Å². The molecule has 2 saturated heterocycles. The number of benzene rings is 2. The SMILES string of the molecule is Cc1ccccc1Oc1nccnc1N1CCCC(C(=O)NCc2ccc(N3CCOCC3)cc2)C1. The van der Waals surface area contributed by atoms with Crippen LogP contribution in [-0.4, -0.2) is 55.3 Å². The predicted octanol–water partition coefficient (Wildman–Crippen LogP) is 3.95. The van der Waals surface area contributed by atoms with Crippen LogP contribution in [0.4, 0.5) is 11.5 Å². The lowest BCUT2D eigenvalue weighted by Crippen LogP contribution is -2.43. The third kappa shape index (κ3) is 5.76. The lowest BCUT2D eigenvalue weighted by Gasteiger charge is -2.33. The van der Waals surface area contributed by atoms with Crippen molar-refractivity contribution in [2.75, 3.05) is 49.2 Å². The summed E-state index contributed by atoms with van der Waals surface area (Å²) in [5.41, 5.74) is 3.32. The van der Waals surface area contributed by atoms with Crippen LogP contribution in [0.15, 0.2) is 60.9 Å². The van der Waals surface area contributed by atoms with E-state index in [4.69, 9.17) is 9.47 Å². The van der Waals surface area contributed by atoms with Crippen LogP contribution in [0.3, 0.4) is 0 Å². The van der Waals surface area contributed by atoms with Crippen molar-refractivity contribution in [2.24, 2.45) is 5.92 Å². The van der Waals surface area contributed by atoms with Gasteiger partial charge in [0.15, 0.2) is 5.82 Å². The molecule has 8 heteroatoms. The van der Waals surface area contributed by atoms with Crippen LogP contribution in [0, 0.1) is 12.8 Å². The summed E-state index contributed by atoms with van der Waals surface area (Å²) in [4.78, 5) is 26.5. The van der Waals surface area contributed by atoms with Gasteiger partial charge in [-0.1, -0.05) is 30.3 Å². The van der Waals surface area contributed by atoms with Gasteiger partial charge < -0.3 is 24.6 Å². The van der Waals surface area contributed by atoms with Gasteiger partial charge in [0.2, 0.25) is 5.91 Å². The molecule has 1 amide bonds. The second-order valence-electron chi connectivity index (χ2n) is 9.32. The Balaban J connectivity index is 1.19. The first-order chi connectivity index (χ1) is 17.7. The molecule has 0 bridgehead atoms. The van der Waals surface area contributed by atoms with Gasteiger partial charge in [-0.25, -0.2) is 9.97 Å². The van der Waals surface area contributed by atoms with Crippen molar-refractivity contribution in [2.45, 2.75) is 26.3 Å². The van der Waals surface area contributed by atoms with Crippen molar-refractivity contribution in [3.05, 3.63) is 72.1 Å². The first-order valence-electron chi connectivity index (χ1n) is 12.7. The number of nitrogens with one attached hydrogen (secondary N) is 1. The van der Waals surface area contributed by atoms with Gasteiger partial charge >= 0.3 is 0 Å². The van der Waals surface area contributed by atoms with Gasteiger partial charge in [0, 0.05) is 50.8 Å². The number of carbonyl (C=O) groups excluding carboxylic acids is 1. The van der Waals surface area contributed by atoms with Crippen LogP contribution in [0.2, 0.25) is 0 Å². The molecule has 2 aliphatic rings. The number of anilines is 2. The Kier molecular flexibility index (Phi) is 7.61. The number of morpholine rings is 1. The number of piperidine rings is 1. The molecule has 1 unspecified atom stereocenters. The molecular formula is C28H33N5O3. The summed E-state index contributed by atoms with van der Waals surface area (Å²) in [7, 11) is 0. The zero-order valence-electron chi connectivity index (χ0n) is 20.7. The highest BCUT2D eigenvalue weighted by Gasteiger charge is 2.28. The van der Waals surface area contributed by atoms with Crippen molar-refractivity contribution in [1.82, 2.24) is 15.3 Å². The maximum absolute atomic E-state index is 13.1.